The summed E-state index contributed by atoms with van der Waals surface area (Å²) in [6, 6.07) is 1.77. The van der Waals surface area contributed by atoms with Gasteiger partial charge >= 0.3 is 0 Å². The molecule has 0 saturated carbocycles. The van der Waals surface area contributed by atoms with Gasteiger partial charge in [-0.1, -0.05) is 11.8 Å². The molecule has 0 bridgehead atoms. The molecule has 6 heteroatoms. The molecule has 2 aromatic rings. The van der Waals surface area contributed by atoms with Crippen LogP contribution in [0.3, 0.4) is 0 Å². The van der Waals surface area contributed by atoms with Crippen molar-refractivity contribution in [2.45, 2.75) is 6.54 Å². The summed E-state index contributed by atoms with van der Waals surface area (Å²) >= 11 is 2.96. The van der Waals surface area contributed by atoms with Crippen molar-refractivity contribution in [1.82, 2.24) is 10.3 Å². The highest BCUT2D eigenvalue weighted by atomic mass is 32.1. The Morgan fingerprint density at radius 2 is 2.39 bits per heavy atom. The second-order valence-electron chi connectivity index (χ2n) is 3.31. The van der Waals surface area contributed by atoms with E-state index >= 15 is 0 Å². The van der Waals surface area contributed by atoms with Crippen LogP contribution in [0.1, 0.15) is 20.2 Å². The summed E-state index contributed by atoms with van der Waals surface area (Å²) in [5.41, 5.74) is 5.91. The Balaban J connectivity index is 1.94. The Labute approximate surface area is 113 Å². The van der Waals surface area contributed by atoms with Crippen LogP contribution in [0.15, 0.2) is 23.0 Å². The van der Waals surface area contributed by atoms with E-state index in [1.54, 1.807) is 17.6 Å². The fourth-order valence-electron chi connectivity index (χ4n) is 1.26. The number of nitrogens with zero attached hydrogens (tertiary/aromatic N) is 1. The van der Waals surface area contributed by atoms with Crippen molar-refractivity contribution in [3.63, 3.8) is 0 Å². The molecule has 1 amide bonds. The van der Waals surface area contributed by atoms with Gasteiger partial charge in [-0.25, -0.2) is 4.98 Å². The molecule has 0 fully saturated rings. The minimum absolute atomic E-state index is 0.109. The lowest BCUT2D eigenvalue weighted by molar-refractivity contribution is 0.0951. The minimum atomic E-state index is -0.109. The smallest absolute Gasteiger partial charge is 0.252 e. The zero-order valence-corrected chi connectivity index (χ0v) is 11.1. The van der Waals surface area contributed by atoms with E-state index in [9.17, 15) is 4.79 Å². The van der Waals surface area contributed by atoms with Gasteiger partial charge in [0.2, 0.25) is 0 Å². The van der Waals surface area contributed by atoms with Crippen LogP contribution in [0.25, 0.3) is 0 Å². The van der Waals surface area contributed by atoms with E-state index in [4.69, 9.17) is 5.73 Å². The van der Waals surface area contributed by atoms with Crippen LogP contribution in [0.2, 0.25) is 0 Å². The zero-order valence-electron chi connectivity index (χ0n) is 9.47. The number of rotatable bonds is 3. The van der Waals surface area contributed by atoms with Crippen LogP contribution < -0.4 is 11.1 Å². The van der Waals surface area contributed by atoms with Crippen LogP contribution in [0, 0.1) is 11.8 Å². The SMILES string of the molecule is NCC#Cc1cc(C(=O)NCc2nccs2)cs1. The lowest BCUT2D eigenvalue weighted by Gasteiger charge is -1.99. The lowest BCUT2D eigenvalue weighted by Crippen LogP contribution is -2.22. The highest BCUT2D eigenvalue weighted by Crippen LogP contribution is 2.13. The molecule has 92 valence electrons. The Morgan fingerprint density at radius 1 is 1.50 bits per heavy atom. The van der Waals surface area contributed by atoms with Gasteiger partial charge in [-0.05, 0) is 6.07 Å². The third-order valence-corrected chi connectivity index (χ3v) is 3.68. The number of nitrogens with two attached hydrogens (primary N) is 1. The Bertz CT molecular complexity index is 578. The van der Waals surface area contributed by atoms with Crippen LogP contribution in [-0.2, 0) is 6.54 Å². The molecule has 3 N–H and O–H groups in total. The molecule has 0 saturated heterocycles. The number of carbonyl (C=O) groups excluding carboxylic acids is 1. The molecule has 0 radical (unpaired) electrons. The summed E-state index contributed by atoms with van der Waals surface area (Å²) in [6.45, 7) is 0.777. The van der Waals surface area contributed by atoms with Crippen LogP contribution in [-0.4, -0.2) is 17.4 Å². The Morgan fingerprint density at radius 3 is 3.11 bits per heavy atom. The summed E-state index contributed by atoms with van der Waals surface area (Å²) in [5, 5.41) is 7.37. The molecule has 0 aliphatic rings. The number of thiophene rings is 1. The van der Waals surface area contributed by atoms with Crippen molar-refractivity contribution in [2.24, 2.45) is 5.73 Å². The molecule has 2 rings (SSSR count). The van der Waals surface area contributed by atoms with Gasteiger partial charge in [-0.15, -0.1) is 22.7 Å². The maximum atomic E-state index is 11.8. The molecule has 2 heterocycles. The molecular weight excluding hydrogens is 266 g/mol. The first-order chi connectivity index (χ1) is 8.79. The van der Waals surface area contributed by atoms with Gasteiger partial charge in [-0.3, -0.25) is 4.79 Å². The fourth-order valence-corrected chi connectivity index (χ4v) is 2.57. The van der Waals surface area contributed by atoms with E-state index in [-0.39, 0.29) is 5.91 Å². The van der Waals surface area contributed by atoms with Gasteiger partial charge in [0.05, 0.1) is 23.5 Å². The Hall–Kier alpha value is -1.68. The standard InChI is InChI=1S/C12H11N3OS2/c13-3-1-2-10-6-9(8-18-10)12(16)15-7-11-14-4-5-17-11/h4-6,8H,3,7,13H2,(H,15,16). The highest BCUT2D eigenvalue weighted by Gasteiger charge is 2.08. The molecule has 0 spiro atoms. The van der Waals surface area contributed by atoms with Gasteiger partial charge in [0.15, 0.2) is 0 Å². The summed E-state index contributed by atoms with van der Waals surface area (Å²) in [5.74, 6) is 5.55. The van der Waals surface area contributed by atoms with Gasteiger partial charge in [0.1, 0.15) is 5.01 Å². The molecule has 0 atom stereocenters. The first-order valence-electron chi connectivity index (χ1n) is 5.23. The maximum Gasteiger partial charge on any atom is 0.252 e. The molecular formula is C12H11N3OS2. The third kappa shape index (κ3) is 3.40. The Kier molecular flexibility index (Phi) is 4.47. The monoisotopic (exact) mass is 277 g/mol. The number of nitrogens with one attached hydrogen (secondary N) is 1. The van der Waals surface area contributed by atoms with E-state index in [2.05, 4.69) is 22.1 Å². The molecule has 0 aliphatic carbocycles. The maximum absolute atomic E-state index is 11.8. The molecule has 0 aromatic carbocycles. The van der Waals surface area contributed by atoms with E-state index in [1.165, 1.54) is 22.7 Å². The number of hydrogen-bond acceptors (Lipinski definition) is 5. The fraction of sp³-hybridized carbons (Fsp3) is 0.167. The van der Waals surface area contributed by atoms with Crippen molar-refractivity contribution < 1.29 is 4.79 Å². The van der Waals surface area contributed by atoms with Crippen molar-refractivity contribution in [2.75, 3.05) is 6.54 Å². The average Bonchev–Trinajstić information content (AvgIpc) is 3.04. The van der Waals surface area contributed by atoms with E-state index < -0.39 is 0 Å². The summed E-state index contributed by atoms with van der Waals surface area (Å²) < 4.78 is 0. The average molecular weight is 277 g/mol. The van der Waals surface area contributed by atoms with E-state index in [0.717, 1.165) is 9.88 Å². The molecule has 0 aliphatic heterocycles. The first-order valence-corrected chi connectivity index (χ1v) is 6.99. The molecule has 4 nitrogen and oxygen atoms in total. The van der Waals surface area contributed by atoms with Crippen LogP contribution in [0.5, 0.6) is 0 Å². The summed E-state index contributed by atoms with van der Waals surface area (Å²) in [4.78, 5) is 16.8. The predicted octanol–water partition coefficient (Wildman–Crippen LogP) is 1.44. The van der Waals surface area contributed by atoms with Gasteiger partial charge in [0, 0.05) is 17.0 Å². The quantitative estimate of drug-likeness (QED) is 0.834. The molecule has 0 unspecified atom stereocenters. The molecule has 2 aromatic heterocycles. The largest absolute Gasteiger partial charge is 0.345 e. The highest BCUT2D eigenvalue weighted by molar-refractivity contribution is 7.10. The number of hydrogen-bond donors (Lipinski definition) is 2. The van der Waals surface area contributed by atoms with Crippen molar-refractivity contribution in [3.05, 3.63) is 38.5 Å². The number of carbonyl (C=O) groups is 1. The lowest BCUT2D eigenvalue weighted by atomic mass is 10.3. The summed E-state index contributed by atoms with van der Waals surface area (Å²) in [7, 11) is 0. The third-order valence-electron chi connectivity index (χ3n) is 2.06. The summed E-state index contributed by atoms with van der Waals surface area (Å²) in [6.07, 6.45) is 1.72. The predicted molar refractivity (Wildman–Crippen MR) is 73.5 cm³/mol. The van der Waals surface area contributed by atoms with E-state index in [1.807, 2.05) is 5.38 Å². The van der Waals surface area contributed by atoms with Crippen LogP contribution in [0.4, 0.5) is 0 Å². The number of amides is 1. The minimum Gasteiger partial charge on any atom is -0.345 e. The van der Waals surface area contributed by atoms with Crippen molar-refractivity contribution in [3.8, 4) is 11.8 Å². The van der Waals surface area contributed by atoms with Gasteiger partial charge in [0.25, 0.3) is 5.91 Å². The number of thiazole rings is 1. The van der Waals surface area contributed by atoms with Crippen molar-refractivity contribution in [1.29, 1.82) is 0 Å². The van der Waals surface area contributed by atoms with Gasteiger partial charge in [-0.2, -0.15) is 0 Å². The topological polar surface area (TPSA) is 68.0 Å². The van der Waals surface area contributed by atoms with Crippen molar-refractivity contribution >= 4 is 28.6 Å². The second kappa shape index (κ2) is 6.31. The van der Waals surface area contributed by atoms with Crippen LogP contribution >= 0.6 is 22.7 Å². The number of aromatic nitrogens is 1. The van der Waals surface area contributed by atoms with E-state index in [0.29, 0.717) is 18.7 Å². The molecule has 18 heavy (non-hydrogen) atoms. The zero-order chi connectivity index (χ0) is 12.8. The second-order valence-corrected chi connectivity index (χ2v) is 5.20. The van der Waals surface area contributed by atoms with Gasteiger partial charge < -0.3 is 11.1 Å². The first kappa shape index (κ1) is 12.8. The normalized spacial score (nSPS) is 9.61.